The maximum absolute atomic E-state index is 11.0. The van der Waals surface area contributed by atoms with Crippen molar-refractivity contribution >= 4 is 11.9 Å². The fraction of sp³-hybridized carbons (Fsp3) is 0.615. The van der Waals surface area contributed by atoms with Crippen molar-refractivity contribution in [3.8, 4) is 0 Å². The molecule has 0 unspecified atom stereocenters. The highest BCUT2D eigenvalue weighted by Crippen LogP contribution is 2.30. The van der Waals surface area contributed by atoms with E-state index in [4.69, 9.17) is 5.11 Å². The Bertz CT molecular complexity index is 471. The number of aromatic carboxylic acids is 1. The summed E-state index contributed by atoms with van der Waals surface area (Å²) in [6.45, 7) is 7.99. The number of carbonyl (C=O) groups is 1. The highest BCUT2D eigenvalue weighted by atomic mass is 16.4. The Morgan fingerprint density at radius 3 is 2.78 bits per heavy atom. The van der Waals surface area contributed by atoms with Gasteiger partial charge in [0.25, 0.3) is 0 Å². The number of aryl methyl sites for hydroxylation is 1. The number of carboxylic acid groups (broad SMARTS) is 1. The van der Waals surface area contributed by atoms with Crippen LogP contribution in [0, 0.1) is 12.3 Å². The molecular formula is C13H19N3O2. The Balaban J connectivity index is 2.30. The van der Waals surface area contributed by atoms with Crippen LogP contribution in [0.3, 0.4) is 0 Å². The number of piperidine rings is 1. The van der Waals surface area contributed by atoms with Crippen molar-refractivity contribution in [3.05, 3.63) is 17.5 Å². The van der Waals surface area contributed by atoms with Crippen LogP contribution in [0.25, 0.3) is 0 Å². The molecule has 1 aliphatic rings. The molecule has 0 atom stereocenters. The van der Waals surface area contributed by atoms with E-state index in [9.17, 15) is 4.79 Å². The zero-order valence-corrected chi connectivity index (χ0v) is 11.1. The van der Waals surface area contributed by atoms with Crippen molar-refractivity contribution in [2.45, 2.75) is 33.6 Å². The number of rotatable bonds is 2. The monoisotopic (exact) mass is 249 g/mol. The van der Waals surface area contributed by atoms with Crippen LogP contribution in [-0.4, -0.2) is 34.1 Å². The first-order chi connectivity index (χ1) is 8.37. The average molecular weight is 249 g/mol. The molecule has 0 radical (unpaired) electrons. The van der Waals surface area contributed by atoms with Crippen molar-refractivity contribution in [1.82, 2.24) is 9.97 Å². The van der Waals surface area contributed by atoms with Crippen molar-refractivity contribution in [3.63, 3.8) is 0 Å². The second-order valence-electron chi connectivity index (χ2n) is 5.69. The van der Waals surface area contributed by atoms with E-state index < -0.39 is 5.97 Å². The number of hydrogen-bond acceptors (Lipinski definition) is 4. The Kier molecular flexibility index (Phi) is 3.24. The van der Waals surface area contributed by atoms with E-state index in [1.165, 1.54) is 12.5 Å². The summed E-state index contributed by atoms with van der Waals surface area (Å²) in [6.07, 6.45) is 2.27. The predicted molar refractivity (Wildman–Crippen MR) is 69.0 cm³/mol. The third kappa shape index (κ3) is 2.78. The molecule has 1 aromatic heterocycles. The molecule has 5 nitrogen and oxygen atoms in total. The molecule has 1 saturated heterocycles. The number of nitrogens with zero attached hydrogens (tertiary/aromatic N) is 3. The van der Waals surface area contributed by atoms with Crippen molar-refractivity contribution < 1.29 is 9.90 Å². The van der Waals surface area contributed by atoms with Crippen LogP contribution in [0.1, 0.15) is 42.9 Å². The van der Waals surface area contributed by atoms with Gasteiger partial charge in [-0.1, -0.05) is 13.8 Å². The zero-order chi connectivity index (χ0) is 13.3. The topological polar surface area (TPSA) is 66.3 Å². The lowest BCUT2D eigenvalue weighted by Crippen LogP contribution is -2.41. The van der Waals surface area contributed by atoms with Crippen molar-refractivity contribution in [1.29, 1.82) is 0 Å². The highest BCUT2D eigenvalue weighted by molar-refractivity contribution is 5.85. The minimum atomic E-state index is -1.00. The van der Waals surface area contributed by atoms with E-state index >= 15 is 0 Å². The molecule has 1 aromatic rings. The van der Waals surface area contributed by atoms with Gasteiger partial charge in [0.05, 0.1) is 0 Å². The van der Waals surface area contributed by atoms with Crippen LogP contribution >= 0.6 is 0 Å². The highest BCUT2D eigenvalue weighted by Gasteiger charge is 2.28. The molecule has 0 aliphatic carbocycles. The smallest absolute Gasteiger partial charge is 0.354 e. The molecule has 18 heavy (non-hydrogen) atoms. The minimum absolute atomic E-state index is 0.0703. The number of anilines is 1. The Morgan fingerprint density at radius 1 is 1.44 bits per heavy atom. The van der Waals surface area contributed by atoms with Crippen molar-refractivity contribution in [2.75, 3.05) is 18.0 Å². The summed E-state index contributed by atoms with van der Waals surface area (Å²) in [5.41, 5.74) is 0.996. The fourth-order valence-corrected chi connectivity index (χ4v) is 2.40. The molecule has 5 heteroatoms. The first kappa shape index (κ1) is 12.8. The predicted octanol–water partition coefficient (Wildman–Crippen LogP) is 2.11. The molecule has 0 amide bonds. The Morgan fingerprint density at radius 2 is 2.17 bits per heavy atom. The molecule has 2 heterocycles. The molecular weight excluding hydrogens is 230 g/mol. The Hall–Kier alpha value is -1.65. The van der Waals surface area contributed by atoms with Gasteiger partial charge in [-0.05, 0) is 31.2 Å². The van der Waals surface area contributed by atoms with Crippen LogP contribution in [0.4, 0.5) is 5.95 Å². The molecule has 1 aliphatic heterocycles. The van der Waals surface area contributed by atoms with E-state index in [1.807, 2.05) is 0 Å². The molecule has 0 saturated carbocycles. The van der Waals surface area contributed by atoms with E-state index in [-0.39, 0.29) is 11.1 Å². The normalized spacial score (nSPS) is 18.7. The first-order valence-corrected chi connectivity index (χ1v) is 6.21. The summed E-state index contributed by atoms with van der Waals surface area (Å²) < 4.78 is 0. The fourth-order valence-electron chi connectivity index (χ4n) is 2.40. The van der Waals surface area contributed by atoms with Crippen LogP contribution in [-0.2, 0) is 0 Å². The van der Waals surface area contributed by atoms with E-state index in [1.54, 1.807) is 6.92 Å². The second kappa shape index (κ2) is 4.55. The van der Waals surface area contributed by atoms with Gasteiger partial charge in [-0.3, -0.25) is 0 Å². The first-order valence-electron chi connectivity index (χ1n) is 6.21. The number of aromatic nitrogens is 2. The van der Waals surface area contributed by atoms with Gasteiger partial charge in [0.15, 0.2) is 5.69 Å². The van der Waals surface area contributed by atoms with Gasteiger partial charge >= 0.3 is 5.97 Å². The molecule has 1 N–H and O–H groups in total. The van der Waals surface area contributed by atoms with Crippen LogP contribution in [0.15, 0.2) is 6.07 Å². The number of hydrogen-bond donors (Lipinski definition) is 1. The van der Waals surface area contributed by atoms with Gasteiger partial charge in [0, 0.05) is 18.8 Å². The third-order valence-electron chi connectivity index (χ3n) is 3.24. The molecule has 98 valence electrons. The summed E-state index contributed by atoms with van der Waals surface area (Å²) in [4.78, 5) is 21.6. The summed E-state index contributed by atoms with van der Waals surface area (Å²) in [7, 11) is 0. The van der Waals surface area contributed by atoms with Gasteiger partial charge in [0.1, 0.15) is 0 Å². The molecule has 0 bridgehead atoms. The Labute approximate surface area is 107 Å². The minimum Gasteiger partial charge on any atom is -0.477 e. The SMILES string of the molecule is Cc1cc(C(=O)O)nc(N2CCCC(C)(C)C2)n1. The van der Waals surface area contributed by atoms with Gasteiger partial charge in [0.2, 0.25) is 5.95 Å². The number of carboxylic acids is 1. The van der Waals surface area contributed by atoms with Crippen molar-refractivity contribution in [2.24, 2.45) is 5.41 Å². The maximum Gasteiger partial charge on any atom is 0.354 e. The maximum atomic E-state index is 11.0. The van der Waals surface area contributed by atoms with Crippen LogP contribution < -0.4 is 4.90 Å². The second-order valence-corrected chi connectivity index (χ2v) is 5.69. The lowest BCUT2D eigenvalue weighted by atomic mass is 9.84. The summed E-state index contributed by atoms with van der Waals surface area (Å²) in [6, 6.07) is 1.50. The van der Waals surface area contributed by atoms with Gasteiger partial charge < -0.3 is 10.0 Å². The molecule has 2 rings (SSSR count). The lowest BCUT2D eigenvalue weighted by molar-refractivity contribution is 0.0690. The van der Waals surface area contributed by atoms with Crippen LogP contribution in [0.2, 0.25) is 0 Å². The average Bonchev–Trinajstić information content (AvgIpc) is 2.26. The quantitative estimate of drug-likeness (QED) is 0.869. The largest absolute Gasteiger partial charge is 0.477 e. The van der Waals surface area contributed by atoms with Gasteiger partial charge in [-0.25, -0.2) is 14.8 Å². The summed E-state index contributed by atoms with van der Waals surface area (Å²) >= 11 is 0. The van der Waals surface area contributed by atoms with E-state index in [0.717, 1.165) is 19.5 Å². The van der Waals surface area contributed by atoms with E-state index in [0.29, 0.717) is 11.6 Å². The molecule has 0 aromatic carbocycles. The lowest BCUT2D eigenvalue weighted by Gasteiger charge is -2.38. The molecule has 0 spiro atoms. The van der Waals surface area contributed by atoms with Gasteiger partial charge in [-0.15, -0.1) is 0 Å². The summed E-state index contributed by atoms with van der Waals surface area (Å²) in [5, 5.41) is 9.03. The zero-order valence-electron chi connectivity index (χ0n) is 11.1. The van der Waals surface area contributed by atoms with Crippen LogP contribution in [0.5, 0.6) is 0 Å². The third-order valence-corrected chi connectivity index (χ3v) is 3.24. The standard InChI is InChI=1S/C13H19N3O2/c1-9-7-10(11(17)18)15-12(14-9)16-6-4-5-13(2,3)8-16/h7H,4-6,8H2,1-3H3,(H,17,18). The summed E-state index contributed by atoms with van der Waals surface area (Å²) in [5.74, 6) is -0.460. The van der Waals surface area contributed by atoms with E-state index in [2.05, 4.69) is 28.7 Å². The molecule has 1 fully saturated rings. The van der Waals surface area contributed by atoms with Gasteiger partial charge in [-0.2, -0.15) is 0 Å².